The number of hydrogen-bond donors (Lipinski definition) is 5. The number of piperidine rings is 1. The molecule has 1 saturated carbocycles. The number of benzene rings is 3. The van der Waals surface area contributed by atoms with Crippen LogP contribution < -0.4 is 21.3 Å². The van der Waals surface area contributed by atoms with E-state index in [2.05, 4.69) is 31.3 Å². The molecule has 21 heteroatoms. The van der Waals surface area contributed by atoms with Crippen LogP contribution in [0.15, 0.2) is 66.7 Å². The molecular weight excluding hydrogens is 967 g/mol. The van der Waals surface area contributed by atoms with Crippen molar-refractivity contribution in [3.05, 3.63) is 89.2 Å². The number of alkyl carbamates (subject to hydrolysis) is 1. The van der Waals surface area contributed by atoms with Crippen LogP contribution in [0.5, 0.6) is 0 Å². The lowest BCUT2D eigenvalue weighted by molar-refractivity contribution is -0.224. The van der Waals surface area contributed by atoms with Crippen LogP contribution in [0, 0.1) is 18.8 Å². The number of likely N-dealkylation sites (tertiary alicyclic amines) is 1. The van der Waals surface area contributed by atoms with Gasteiger partial charge in [-0.05, 0) is 152 Å². The number of aromatic nitrogens is 3. The van der Waals surface area contributed by atoms with Crippen LogP contribution in [0.25, 0.3) is 22.5 Å². The van der Waals surface area contributed by atoms with Gasteiger partial charge in [-0.2, -0.15) is 22.7 Å². The van der Waals surface area contributed by atoms with Crippen LogP contribution in [0.1, 0.15) is 107 Å². The number of alkyl halides is 4. The maximum Gasteiger partial charge on any atom is 0.410 e. The first-order valence-corrected chi connectivity index (χ1v) is 24.7. The Kier molecular flexibility index (Phi) is 17.5. The zero-order chi connectivity index (χ0) is 54.3. The monoisotopic (exact) mass is 1030 g/mol. The highest BCUT2D eigenvalue weighted by Crippen LogP contribution is 2.43. The largest absolute Gasteiger partial charge is 0.444 e. The summed E-state index contributed by atoms with van der Waals surface area (Å²) in [6.45, 7) is 14.1. The van der Waals surface area contributed by atoms with Gasteiger partial charge in [0.15, 0.2) is 5.82 Å². The summed E-state index contributed by atoms with van der Waals surface area (Å²) in [5.41, 5.74) is 2.97. The van der Waals surface area contributed by atoms with E-state index in [0.29, 0.717) is 68.6 Å². The summed E-state index contributed by atoms with van der Waals surface area (Å²) in [6, 6.07) is 17.4. The van der Waals surface area contributed by atoms with Crippen LogP contribution in [0.3, 0.4) is 0 Å². The van der Waals surface area contributed by atoms with Gasteiger partial charge in [-0.25, -0.2) is 14.6 Å². The minimum absolute atomic E-state index is 0.0923. The van der Waals surface area contributed by atoms with Crippen molar-refractivity contribution < 1.29 is 55.8 Å². The van der Waals surface area contributed by atoms with E-state index in [4.69, 9.17) is 9.47 Å². The summed E-state index contributed by atoms with van der Waals surface area (Å²) >= 11 is 0. The number of halogens is 4. The normalized spacial score (nSPS) is 17.1. The molecular formula is C53H67F4N9O8. The highest BCUT2D eigenvalue weighted by atomic mass is 19.3. The van der Waals surface area contributed by atoms with E-state index in [0.717, 1.165) is 36.3 Å². The van der Waals surface area contributed by atoms with E-state index in [1.54, 1.807) is 31.7 Å². The Morgan fingerprint density at radius 1 is 0.797 bits per heavy atom. The Bertz CT molecular complexity index is 2650. The third kappa shape index (κ3) is 14.6. The first-order chi connectivity index (χ1) is 34.6. The van der Waals surface area contributed by atoms with Gasteiger partial charge in [0.1, 0.15) is 17.2 Å². The fourth-order valence-electron chi connectivity index (χ4n) is 8.68. The second-order valence-corrected chi connectivity index (χ2v) is 21.2. The zero-order valence-electron chi connectivity index (χ0n) is 43.3. The SMILES string of the molecule is Cc1cc(C(=O)NC2CCN(C(=O)OC(C)(C)C)CC2)ccc1-c1ccc(C[C@H](NC(=O)C2CCC(CNC(=O)OC(C)(C)C)CC2)C(=O)Nc2ccc(-c3n[nH]c(C(F)(F)C(F)(F)C(=O)N(C)C)n3)cc2)cc1. The number of aromatic amines is 1. The first-order valence-electron chi connectivity index (χ1n) is 24.7. The summed E-state index contributed by atoms with van der Waals surface area (Å²) < 4.78 is 69.6. The zero-order valence-corrected chi connectivity index (χ0v) is 43.3. The highest BCUT2D eigenvalue weighted by molar-refractivity contribution is 5.98. The van der Waals surface area contributed by atoms with Gasteiger partial charge in [-0.1, -0.05) is 30.3 Å². The van der Waals surface area contributed by atoms with E-state index in [1.165, 1.54) is 24.3 Å². The number of ether oxygens (including phenoxy) is 2. The first kappa shape index (κ1) is 56.2. The number of nitrogens with one attached hydrogen (secondary N) is 5. The molecule has 0 unspecified atom stereocenters. The topological polar surface area (TPSA) is 217 Å². The lowest BCUT2D eigenvalue weighted by Gasteiger charge is -2.33. The van der Waals surface area contributed by atoms with Crippen molar-refractivity contribution in [2.24, 2.45) is 11.8 Å². The predicted octanol–water partition coefficient (Wildman–Crippen LogP) is 8.39. The van der Waals surface area contributed by atoms with Crippen molar-refractivity contribution in [1.29, 1.82) is 0 Å². The molecule has 0 spiro atoms. The van der Waals surface area contributed by atoms with Crippen molar-refractivity contribution >= 4 is 41.5 Å². The van der Waals surface area contributed by atoms with Crippen LogP contribution in [-0.2, 0) is 36.2 Å². The van der Waals surface area contributed by atoms with Gasteiger partial charge < -0.3 is 40.5 Å². The second-order valence-electron chi connectivity index (χ2n) is 21.2. The van der Waals surface area contributed by atoms with Crippen molar-refractivity contribution in [3.8, 4) is 22.5 Å². The molecule has 6 amide bonds. The van der Waals surface area contributed by atoms with E-state index in [9.17, 15) is 46.3 Å². The summed E-state index contributed by atoms with van der Waals surface area (Å²) in [6.07, 6.45) is 2.81. The Morgan fingerprint density at radius 3 is 1.99 bits per heavy atom. The number of H-pyrrole nitrogens is 1. The molecule has 2 aliphatic rings. The molecule has 2 fully saturated rings. The fraction of sp³-hybridized carbons (Fsp3) is 0.509. The third-order valence-electron chi connectivity index (χ3n) is 12.7. The molecule has 2 heterocycles. The number of rotatable bonds is 15. The van der Waals surface area contributed by atoms with Gasteiger partial charge in [0.25, 0.3) is 11.8 Å². The van der Waals surface area contributed by atoms with Gasteiger partial charge in [-0.3, -0.25) is 24.3 Å². The number of aryl methyl sites for hydroxylation is 1. The van der Waals surface area contributed by atoms with Crippen molar-refractivity contribution in [2.75, 3.05) is 39.0 Å². The minimum Gasteiger partial charge on any atom is -0.444 e. The standard InChI is InChI=1S/C53H67F4N9O8/c1-31-28-37(44(68)59-39-24-26-66(27-25-39)49(72)74-51(5,6)7)20-23-40(31)34-14-10-32(11-15-34)29-41(61-43(67)36-16-12-33(13-17-36)30-58-48(71)73-50(2,3)4)45(69)60-38-21-18-35(19-22-38)42-62-46(64-63-42)52(54,55)53(56,57)47(70)65(8)9/h10-11,14-15,18-23,28,33,36,39,41H,12-13,16-17,24-27,29-30H2,1-9H3,(H,58,71)(H,59,68)(H,60,69)(H,61,67)(H,62,63,64)/t33?,36?,41-/m0/s1. The molecule has 74 heavy (non-hydrogen) atoms. The van der Waals surface area contributed by atoms with E-state index < -0.39 is 58.7 Å². The number of hydrogen-bond acceptors (Lipinski definition) is 10. The molecule has 17 nitrogen and oxygen atoms in total. The summed E-state index contributed by atoms with van der Waals surface area (Å²) in [4.78, 5) is 83.5. The molecule has 4 aromatic rings. The van der Waals surface area contributed by atoms with Gasteiger partial charge in [0, 0.05) is 68.9 Å². The lowest BCUT2D eigenvalue weighted by Crippen LogP contribution is -2.50. The van der Waals surface area contributed by atoms with Crippen molar-refractivity contribution in [2.45, 2.75) is 129 Å². The molecule has 0 bridgehead atoms. The van der Waals surface area contributed by atoms with Gasteiger partial charge in [0.2, 0.25) is 17.6 Å². The minimum atomic E-state index is -5.12. The van der Waals surface area contributed by atoms with Crippen LogP contribution >= 0.6 is 0 Å². The van der Waals surface area contributed by atoms with Gasteiger partial charge in [0.05, 0.1) is 0 Å². The maximum atomic E-state index is 14.9. The molecule has 400 valence electrons. The molecule has 6 rings (SSSR count). The molecule has 1 atom stereocenters. The van der Waals surface area contributed by atoms with E-state index in [-0.39, 0.29) is 53.4 Å². The number of carbonyl (C=O) groups excluding carboxylic acids is 6. The summed E-state index contributed by atoms with van der Waals surface area (Å²) in [5.74, 6) is -15.5. The highest BCUT2D eigenvalue weighted by Gasteiger charge is 2.65. The molecule has 3 aromatic carbocycles. The molecule has 1 aromatic heterocycles. The number of anilines is 1. The summed E-state index contributed by atoms with van der Waals surface area (Å²) in [5, 5.41) is 17.1. The number of amides is 6. The van der Waals surface area contributed by atoms with Crippen molar-refractivity contribution in [3.63, 3.8) is 0 Å². The van der Waals surface area contributed by atoms with Crippen molar-refractivity contribution in [1.82, 2.24) is 40.9 Å². The van der Waals surface area contributed by atoms with E-state index >= 15 is 0 Å². The molecule has 1 aliphatic carbocycles. The summed E-state index contributed by atoms with van der Waals surface area (Å²) in [7, 11) is 1.85. The number of nitrogens with zero attached hydrogens (tertiary/aromatic N) is 4. The molecule has 5 N–H and O–H groups in total. The third-order valence-corrected chi connectivity index (χ3v) is 12.7. The van der Waals surface area contributed by atoms with Gasteiger partial charge >= 0.3 is 24.0 Å². The Hall–Kier alpha value is -7.06. The Labute approximate surface area is 428 Å². The molecule has 1 saturated heterocycles. The smallest absolute Gasteiger partial charge is 0.410 e. The Morgan fingerprint density at radius 2 is 1.41 bits per heavy atom. The molecule has 1 aliphatic heterocycles. The Balaban J connectivity index is 1.12. The van der Waals surface area contributed by atoms with E-state index in [1.807, 2.05) is 69.2 Å². The predicted molar refractivity (Wildman–Crippen MR) is 268 cm³/mol. The second kappa shape index (κ2) is 23.0. The quantitative estimate of drug-likeness (QED) is 0.0717. The average Bonchev–Trinajstić information content (AvgIpc) is 3.84. The van der Waals surface area contributed by atoms with Crippen LogP contribution in [0.4, 0.5) is 32.8 Å². The lowest BCUT2D eigenvalue weighted by atomic mass is 9.81. The fourth-order valence-corrected chi connectivity index (χ4v) is 8.68. The molecule has 0 radical (unpaired) electrons. The average molecular weight is 1030 g/mol. The maximum absolute atomic E-state index is 14.9. The van der Waals surface area contributed by atoms with Crippen LogP contribution in [-0.4, -0.2) is 124 Å². The number of carbonyl (C=O) groups is 6. The van der Waals surface area contributed by atoms with Crippen LogP contribution in [0.2, 0.25) is 0 Å². The van der Waals surface area contributed by atoms with Gasteiger partial charge in [-0.15, -0.1) is 0 Å².